The molecule has 1 heterocycles. The van der Waals surface area contributed by atoms with E-state index in [-0.39, 0.29) is 13.2 Å². The van der Waals surface area contributed by atoms with E-state index in [1.54, 1.807) is 25.1 Å². The number of benzene rings is 1. The van der Waals surface area contributed by atoms with Gasteiger partial charge in [0.2, 0.25) is 0 Å². The molecule has 8 nitrogen and oxygen atoms in total. The smallest absolute Gasteiger partial charge is 0.326 e. The fourth-order valence-corrected chi connectivity index (χ4v) is 4.19. The quantitative estimate of drug-likeness (QED) is 0.695. The van der Waals surface area contributed by atoms with Crippen molar-refractivity contribution in [3.63, 3.8) is 0 Å². The summed E-state index contributed by atoms with van der Waals surface area (Å²) in [6.45, 7) is 1.93. The average Bonchev–Trinajstić information content (AvgIpc) is 3.04. The minimum atomic E-state index is -4.16. The molecule has 1 aliphatic heterocycles. The van der Waals surface area contributed by atoms with Crippen molar-refractivity contribution in [1.82, 2.24) is 9.03 Å². The number of carbonyl (C=O) groups is 2. The number of aliphatic carboxylic acids is 1. The molecule has 0 aromatic heterocycles. The molecule has 1 saturated heterocycles. The molecule has 0 bridgehead atoms. The molecule has 2 N–H and O–H groups in total. The number of hydrogen-bond donors (Lipinski definition) is 2. The van der Waals surface area contributed by atoms with Crippen LogP contribution in [0.25, 0.3) is 0 Å². The van der Waals surface area contributed by atoms with Gasteiger partial charge in [0.25, 0.3) is 10.2 Å². The van der Waals surface area contributed by atoms with Gasteiger partial charge in [-0.2, -0.15) is 17.4 Å². The summed E-state index contributed by atoms with van der Waals surface area (Å²) in [4.78, 5) is 23.4. The number of ether oxygens (including phenoxy) is 1. The third-order valence-corrected chi connectivity index (χ3v) is 5.31. The Balaban J connectivity index is 2.22. The fraction of sp³-hybridized carbons (Fsp3) is 0.467. The van der Waals surface area contributed by atoms with Crippen LogP contribution in [0.3, 0.4) is 0 Å². The standard InChI is InChI=1S/C15H20N2O6S/c1-2-23-15(20)12-9-6-10-17(12)24(21,22)16-13(14(18)19)11-7-4-3-5-8-11/h3-5,7-8,12-13,16H,2,6,9-10H2,1H3,(H,18,19)/t12?,13-/m1/s1. The van der Waals surface area contributed by atoms with E-state index in [1.165, 1.54) is 12.1 Å². The predicted molar refractivity (Wildman–Crippen MR) is 85.2 cm³/mol. The largest absolute Gasteiger partial charge is 0.480 e. The van der Waals surface area contributed by atoms with Crippen molar-refractivity contribution in [2.75, 3.05) is 13.2 Å². The lowest BCUT2D eigenvalue weighted by Gasteiger charge is -2.25. The molecule has 2 atom stereocenters. The van der Waals surface area contributed by atoms with E-state index in [4.69, 9.17) is 4.74 Å². The minimum Gasteiger partial charge on any atom is -0.480 e. The van der Waals surface area contributed by atoms with Crippen LogP contribution < -0.4 is 4.72 Å². The van der Waals surface area contributed by atoms with Gasteiger partial charge in [0.15, 0.2) is 0 Å². The monoisotopic (exact) mass is 356 g/mol. The Morgan fingerprint density at radius 2 is 2.04 bits per heavy atom. The van der Waals surface area contributed by atoms with E-state index in [0.29, 0.717) is 18.4 Å². The Kier molecular flexibility index (Phi) is 5.92. The molecule has 9 heteroatoms. The number of hydrogen-bond acceptors (Lipinski definition) is 5. The molecule has 0 aliphatic carbocycles. The van der Waals surface area contributed by atoms with Crippen LogP contribution in [-0.2, 0) is 24.5 Å². The van der Waals surface area contributed by atoms with Crippen LogP contribution in [0.4, 0.5) is 0 Å². The first kappa shape index (κ1) is 18.4. The molecule has 1 aromatic rings. The highest BCUT2D eigenvalue weighted by molar-refractivity contribution is 7.87. The van der Waals surface area contributed by atoms with Gasteiger partial charge >= 0.3 is 11.9 Å². The molecule has 1 unspecified atom stereocenters. The van der Waals surface area contributed by atoms with Crippen LogP contribution in [-0.4, -0.2) is 49.0 Å². The maximum atomic E-state index is 12.6. The van der Waals surface area contributed by atoms with Crippen molar-refractivity contribution < 1.29 is 27.9 Å². The maximum Gasteiger partial charge on any atom is 0.326 e. The van der Waals surface area contributed by atoms with Crippen molar-refractivity contribution in [3.05, 3.63) is 35.9 Å². The zero-order valence-corrected chi connectivity index (χ0v) is 14.0. The van der Waals surface area contributed by atoms with E-state index in [0.717, 1.165) is 4.31 Å². The second kappa shape index (κ2) is 7.73. The normalized spacial score (nSPS) is 19.8. The van der Waals surface area contributed by atoms with Gasteiger partial charge in [0, 0.05) is 6.54 Å². The number of esters is 1. The van der Waals surface area contributed by atoms with E-state index < -0.39 is 34.2 Å². The number of rotatable bonds is 7. The van der Waals surface area contributed by atoms with Gasteiger partial charge in [-0.05, 0) is 25.3 Å². The topological polar surface area (TPSA) is 113 Å². The summed E-state index contributed by atoms with van der Waals surface area (Å²) in [5.41, 5.74) is 0.306. The molecule has 1 aromatic carbocycles. The Labute approximate surface area is 140 Å². The van der Waals surface area contributed by atoms with E-state index in [2.05, 4.69) is 4.72 Å². The molecule has 0 radical (unpaired) electrons. The van der Waals surface area contributed by atoms with Crippen LogP contribution in [0.15, 0.2) is 30.3 Å². The summed E-state index contributed by atoms with van der Waals surface area (Å²) in [5, 5.41) is 9.36. The van der Waals surface area contributed by atoms with E-state index >= 15 is 0 Å². The summed E-state index contributed by atoms with van der Waals surface area (Å²) in [6, 6.07) is 5.64. The molecular weight excluding hydrogens is 336 g/mol. The van der Waals surface area contributed by atoms with Crippen LogP contribution in [0, 0.1) is 0 Å². The van der Waals surface area contributed by atoms with Gasteiger partial charge in [0.05, 0.1) is 6.61 Å². The molecule has 1 fully saturated rings. The number of nitrogens with one attached hydrogen (secondary N) is 1. The van der Waals surface area contributed by atoms with Gasteiger partial charge in [-0.25, -0.2) is 0 Å². The molecule has 0 saturated carbocycles. The first-order valence-electron chi connectivity index (χ1n) is 7.60. The van der Waals surface area contributed by atoms with Gasteiger partial charge in [-0.1, -0.05) is 30.3 Å². The van der Waals surface area contributed by atoms with Crippen molar-refractivity contribution >= 4 is 22.1 Å². The number of carbonyl (C=O) groups excluding carboxylic acids is 1. The zero-order valence-electron chi connectivity index (χ0n) is 13.2. The Morgan fingerprint density at radius 3 is 2.62 bits per heavy atom. The molecule has 24 heavy (non-hydrogen) atoms. The van der Waals surface area contributed by atoms with Gasteiger partial charge < -0.3 is 9.84 Å². The molecule has 2 rings (SSSR count). The van der Waals surface area contributed by atoms with Gasteiger partial charge in [0.1, 0.15) is 12.1 Å². The fourth-order valence-electron chi connectivity index (χ4n) is 2.63. The van der Waals surface area contributed by atoms with Crippen LogP contribution in [0.5, 0.6) is 0 Å². The highest BCUT2D eigenvalue weighted by Gasteiger charge is 2.41. The van der Waals surface area contributed by atoms with Gasteiger partial charge in [-0.3, -0.25) is 9.59 Å². The lowest BCUT2D eigenvalue weighted by Crippen LogP contribution is -2.49. The molecule has 0 spiro atoms. The first-order chi connectivity index (χ1) is 11.4. The lowest BCUT2D eigenvalue weighted by atomic mass is 10.1. The number of carboxylic acid groups (broad SMARTS) is 1. The summed E-state index contributed by atoms with van der Waals surface area (Å²) < 4.78 is 33.2. The van der Waals surface area contributed by atoms with Crippen LogP contribution >= 0.6 is 0 Å². The van der Waals surface area contributed by atoms with Gasteiger partial charge in [-0.15, -0.1) is 0 Å². The highest BCUT2D eigenvalue weighted by atomic mass is 32.2. The SMILES string of the molecule is CCOC(=O)C1CCCN1S(=O)(=O)N[C@@H](C(=O)O)c1ccccc1. The molecule has 0 amide bonds. The van der Waals surface area contributed by atoms with E-state index in [9.17, 15) is 23.1 Å². The first-order valence-corrected chi connectivity index (χ1v) is 9.04. The number of carboxylic acids is 1. The second-order valence-electron chi connectivity index (χ2n) is 5.33. The highest BCUT2D eigenvalue weighted by Crippen LogP contribution is 2.23. The summed E-state index contributed by atoms with van der Waals surface area (Å²) in [6.07, 6.45) is 0.857. The minimum absolute atomic E-state index is 0.139. The van der Waals surface area contributed by atoms with Crippen molar-refractivity contribution in [2.45, 2.75) is 31.8 Å². The summed E-state index contributed by atoms with van der Waals surface area (Å²) >= 11 is 0. The Hall–Kier alpha value is -1.97. The molecule has 1 aliphatic rings. The summed E-state index contributed by atoms with van der Waals surface area (Å²) in [7, 11) is -4.16. The second-order valence-corrected chi connectivity index (χ2v) is 6.98. The van der Waals surface area contributed by atoms with Crippen molar-refractivity contribution in [1.29, 1.82) is 0 Å². The molecular formula is C15H20N2O6S. The summed E-state index contributed by atoms with van der Waals surface area (Å²) in [5.74, 6) is -1.94. The van der Waals surface area contributed by atoms with Crippen molar-refractivity contribution in [2.24, 2.45) is 0 Å². The lowest BCUT2D eigenvalue weighted by molar-refractivity contribution is -0.146. The van der Waals surface area contributed by atoms with Crippen LogP contribution in [0.2, 0.25) is 0 Å². The van der Waals surface area contributed by atoms with Crippen molar-refractivity contribution in [3.8, 4) is 0 Å². The molecule has 132 valence electrons. The average molecular weight is 356 g/mol. The van der Waals surface area contributed by atoms with Crippen LogP contribution in [0.1, 0.15) is 31.4 Å². The predicted octanol–water partition coefficient (Wildman–Crippen LogP) is 0.674. The Bertz CT molecular complexity index is 691. The number of nitrogens with zero attached hydrogens (tertiary/aromatic N) is 1. The van der Waals surface area contributed by atoms with E-state index in [1.807, 2.05) is 0 Å². The maximum absolute atomic E-state index is 12.6. The third kappa shape index (κ3) is 4.11. The Morgan fingerprint density at radius 1 is 1.38 bits per heavy atom. The third-order valence-electron chi connectivity index (χ3n) is 3.72. The zero-order chi connectivity index (χ0) is 17.7.